The van der Waals surface area contributed by atoms with Gasteiger partial charge in [0.15, 0.2) is 5.75 Å². The average Bonchev–Trinajstić information content (AvgIpc) is 2.42. The van der Waals surface area contributed by atoms with Gasteiger partial charge in [0.2, 0.25) is 0 Å². The molecular formula is C15H14ClNO3. The molecule has 20 heavy (non-hydrogen) atoms. The van der Waals surface area contributed by atoms with E-state index in [-0.39, 0.29) is 17.9 Å². The lowest BCUT2D eigenvalue weighted by Gasteiger charge is -2.11. The molecule has 2 rings (SSSR count). The van der Waals surface area contributed by atoms with Gasteiger partial charge in [-0.2, -0.15) is 0 Å². The third-order valence-electron chi connectivity index (χ3n) is 2.84. The van der Waals surface area contributed by atoms with Gasteiger partial charge >= 0.3 is 5.97 Å². The summed E-state index contributed by atoms with van der Waals surface area (Å²) in [6.07, 6.45) is 1.77. The Balaban J connectivity index is 2.58. The largest absolute Gasteiger partial charge is 0.424 e. The number of aryl methyl sites for hydroxylation is 1. The zero-order chi connectivity index (χ0) is 14.7. The highest BCUT2D eigenvalue weighted by molar-refractivity contribution is 6.30. The van der Waals surface area contributed by atoms with Crippen molar-refractivity contribution in [3.05, 3.63) is 51.9 Å². The van der Waals surface area contributed by atoms with Crippen molar-refractivity contribution < 1.29 is 9.53 Å². The highest BCUT2D eigenvalue weighted by Crippen LogP contribution is 2.30. The van der Waals surface area contributed by atoms with Crippen LogP contribution in [-0.4, -0.2) is 10.5 Å². The predicted molar refractivity (Wildman–Crippen MR) is 78.1 cm³/mol. The van der Waals surface area contributed by atoms with Crippen molar-refractivity contribution in [2.45, 2.75) is 13.3 Å². The van der Waals surface area contributed by atoms with Gasteiger partial charge in [-0.25, -0.2) is 0 Å². The molecule has 0 atom stereocenters. The topological polar surface area (TPSA) is 48.3 Å². The molecule has 0 saturated carbocycles. The number of hydrogen-bond donors (Lipinski definition) is 0. The highest BCUT2D eigenvalue weighted by atomic mass is 35.5. The minimum atomic E-state index is -0.355. The van der Waals surface area contributed by atoms with Crippen LogP contribution < -0.4 is 10.3 Å². The Bertz CT molecular complexity index is 707. The summed E-state index contributed by atoms with van der Waals surface area (Å²) in [5, 5.41) is 0.552. The maximum atomic E-state index is 11.8. The van der Waals surface area contributed by atoms with E-state index in [0.717, 1.165) is 5.56 Å². The first kappa shape index (κ1) is 14.3. The van der Waals surface area contributed by atoms with Crippen LogP contribution in [0.15, 0.2) is 41.3 Å². The van der Waals surface area contributed by atoms with Crippen molar-refractivity contribution in [2.24, 2.45) is 7.05 Å². The Morgan fingerprint density at radius 3 is 2.75 bits per heavy atom. The summed E-state index contributed by atoms with van der Waals surface area (Å²) in [4.78, 5) is 23.3. The molecule has 104 valence electrons. The van der Waals surface area contributed by atoms with Gasteiger partial charge in [0, 0.05) is 30.1 Å². The number of carbonyl (C=O) groups is 1. The van der Waals surface area contributed by atoms with Gasteiger partial charge in [0.25, 0.3) is 5.56 Å². The molecule has 0 aliphatic carbocycles. The first-order valence-corrected chi connectivity index (χ1v) is 6.56. The van der Waals surface area contributed by atoms with Gasteiger partial charge in [-0.1, -0.05) is 30.7 Å². The van der Waals surface area contributed by atoms with E-state index in [1.165, 1.54) is 16.8 Å². The van der Waals surface area contributed by atoms with Crippen LogP contribution in [0.3, 0.4) is 0 Å². The number of nitrogens with zero attached hydrogens (tertiary/aromatic N) is 1. The van der Waals surface area contributed by atoms with Crippen LogP contribution >= 0.6 is 11.6 Å². The second-order valence-corrected chi connectivity index (χ2v) is 4.77. The maximum Gasteiger partial charge on any atom is 0.310 e. The van der Waals surface area contributed by atoms with Crippen LogP contribution in [0, 0.1) is 0 Å². The number of hydrogen-bond acceptors (Lipinski definition) is 3. The smallest absolute Gasteiger partial charge is 0.310 e. The van der Waals surface area contributed by atoms with Crippen molar-refractivity contribution in [1.82, 2.24) is 4.57 Å². The lowest BCUT2D eigenvalue weighted by Crippen LogP contribution is -2.17. The van der Waals surface area contributed by atoms with Gasteiger partial charge < -0.3 is 9.30 Å². The molecule has 1 aromatic heterocycles. The number of carbonyl (C=O) groups excluding carboxylic acids is 1. The van der Waals surface area contributed by atoms with Crippen molar-refractivity contribution in [1.29, 1.82) is 0 Å². The molecule has 0 amide bonds. The Hall–Kier alpha value is -2.07. The zero-order valence-corrected chi connectivity index (χ0v) is 12.0. The van der Waals surface area contributed by atoms with E-state index in [1.807, 2.05) is 6.07 Å². The number of ether oxygens (including phenoxy) is 1. The molecule has 2 aromatic rings. The van der Waals surface area contributed by atoms with Gasteiger partial charge in [-0.15, -0.1) is 0 Å². The fraction of sp³-hybridized carbons (Fsp3) is 0.200. The van der Waals surface area contributed by atoms with Gasteiger partial charge in [0.05, 0.1) is 6.20 Å². The van der Waals surface area contributed by atoms with Crippen LogP contribution in [0.5, 0.6) is 5.75 Å². The summed E-state index contributed by atoms with van der Waals surface area (Å²) >= 11 is 5.96. The molecule has 0 fully saturated rings. The Morgan fingerprint density at radius 1 is 1.35 bits per heavy atom. The highest BCUT2D eigenvalue weighted by Gasteiger charge is 2.12. The van der Waals surface area contributed by atoms with Crippen LogP contribution in [0.2, 0.25) is 5.02 Å². The molecule has 0 radical (unpaired) electrons. The number of aromatic nitrogens is 1. The molecule has 1 heterocycles. The van der Waals surface area contributed by atoms with Crippen LogP contribution in [-0.2, 0) is 11.8 Å². The maximum absolute atomic E-state index is 11.8. The molecule has 4 nitrogen and oxygen atoms in total. The van der Waals surface area contributed by atoms with Gasteiger partial charge in [0.1, 0.15) is 0 Å². The fourth-order valence-electron chi connectivity index (χ4n) is 1.76. The van der Waals surface area contributed by atoms with Gasteiger partial charge in [-0.3, -0.25) is 9.59 Å². The normalized spacial score (nSPS) is 10.3. The summed E-state index contributed by atoms with van der Waals surface area (Å²) in [6.45, 7) is 1.71. The summed E-state index contributed by atoms with van der Waals surface area (Å²) in [5.41, 5.74) is 1.10. The average molecular weight is 292 g/mol. The Kier molecular flexibility index (Phi) is 4.25. The number of pyridine rings is 1. The molecule has 1 aromatic carbocycles. The SMILES string of the molecule is CCC(=O)Oc1cn(C)c(=O)cc1-c1cccc(Cl)c1. The van der Waals surface area contributed by atoms with Gasteiger partial charge in [-0.05, 0) is 17.7 Å². The first-order valence-electron chi connectivity index (χ1n) is 6.18. The van der Waals surface area contributed by atoms with Crippen molar-refractivity contribution in [3.63, 3.8) is 0 Å². The standard InChI is InChI=1S/C15H14ClNO3/c1-3-15(19)20-13-9-17(2)14(18)8-12(13)10-5-4-6-11(16)7-10/h4-9H,3H2,1-2H3. The quantitative estimate of drug-likeness (QED) is 0.817. The number of halogens is 1. The molecule has 5 heteroatoms. The van der Waals surface area contributed by atoms with E-state index in [2.05, 4.69) is 0 Å². The summed E-state index contributed by atoms with van der Waals surface area (Å²) < 4.78 is 6.65. The fourth-order valence-corrected chi connectivity index (χ4v) is 1.95. The minimum Gasteiger partial charge on any atom is -0.424 e. The second-order valence-electron chi connectivity index (χ2n) is 4.34. The summed E-state index contributed by atoms with van der Waals surface area (Å²) in [6, 6.07) is 8.48. The monoisotopic (exact) mass is 291 g/mol. The molecule has 0 aliphatic heterocycles. The van der Waals surface area contributed by atoms with Crippen LogP contribution in [0.4, 0.5) is 0 Å². The summed E-state index contributed by atoms with van der Waals surface area (Å²) in [5.74, 6) is -0.00635. The summed E-state index contributed by atoms with van der Waals surface area (Å²) in [7, 11) is 1.60. The van der Waals surface area contributed by atoms with E-state index in [0.29, 0.717) is 16.3 Å². The number of benzene rings is 1. The molecular weight excluding hydrogens is 278 g/mol. The molecule has 0 spiro atoms. The molecule has 0 N–H and O–H groups in total. The van der Waals surface area contributed by atoms with Crippen LogP contribution in [0.25, 0.3) is 11.1 Å². The Morgan fingerprint density at radius 2 is 2.10 bits per heavy atom. The van der Waals surface area contributed by atoms with Crippen molar-refractivity contribution in [3.8, 4) is 16.9 Å². The number of esters is 1. The minimum absolute atomic E-state index is 0.184. The molecule has 0 bridgehead atoms. The molecule has 0 saturated heterocycles. The third-order valence-corrected chi connectivity index (χ3v) is 3.07. The van der Waals surface area contributed by atoms with Crippen molar-refractivity contribution in [2.75, 3.05) is 0 Å². The van der Waals surface area contributed by atoms with E-state index < -0.39 is 0 Å². The number of rotatable bonds is 3. The van der Waals surface area contributed by atoms with E-state index in [1.54, 1.807) is 32.2 Å². The molecule has 0 unspecified atom stereocenters. The third kappa shape index (κ3) is 3.08. The zero-order valence-electron chi connectivity index (χ0n) is 11.2. The lowest BCUT2D eigenvalue weighted by molar-refractivity contribution is -0.134. The van der Waals surface area contributed by atoms with E-state index in [4.69, 9.17) is 16.3 Å². The predicted octanol–water partition coefficient (Wildman–Crippen LogP) is 3.02. The van der Waals surface area contributed by atoms with Crippen LogP contribution in [0.1, 0.15) is 13.3 Å². The van der Waals surface area contributed by atoms with E-state index in [9.17, 15) is 9.59 Å². The Labute approximate surface area is 121 Å². The lowest BCUT2D eigenvalue weighted by atomic mass is 10.1. The van der Waals surface area contributed by atoms with Crippen molar-refractivity contribution >= 4 is 17.6 Å². The molecule has 0 aliphatic rings. The first-order chi connectivity index (χ1) is 9.51. The van der Waals surface area contributed by atoms with E-state index >= 15 is 0 Å². The second kappa shape index (κ2) is 5.92.